The van der Waals surface area contributed by atoms with Gasteiger partial charge in [-0.25, -0.2) is 9.59 Å². The Labute approximate surface area is 118 Å². The van der Waals surface area contributed by atoms with Crippen LogP contribution in [-0.2, 0) is 20.7 Å². The Balaban J connectivity index is 2.07. The summed E-state index contributed by atoms with van der Waals surface area (Å²) in [6.45, 7) is 5.49. The minimum atomic E-state index is -1.01. The Morgan fingerprint density at radius 2 is 2.00 bits per heavy atom. The van der Waals surface area contributed by atoms with Crippen molar-refractivity contribution in [2.45, 2.75) is 38.3 Å². The lowest BCUT2D eigenvalue weighted by molar-refractivity contribution is -0.175. The van der Waals surface area contributed by atoms with E-state index in [1.54, 1.807) is 20.8 Å². The number of cyclic esters (lactones) is 1. The molecule has 1 amide bonds. The van der Waals surface area contributed by atoms with Crippen LogP contribution in [0, 0.1) is 0 Å². The molecule has 1 atom stereocenters. The lowest BCUT2D eigenvalue weighted by atomic mass is 9.88. The maximum absolute atomic E-state index is 11.9. The first-order chi connectivity index (χ1) is 9.31. The monoisotopic (exact) mass is 277 g/mol. The van der Waals surface area contributed by atoms with E-state index in [1.165, 1.54) is 0 Å². The fourth-order valence-electron chi connectivity index (χ4n) is 2.00. The van der Waals surface area contributed by atoms with Gasteiger partial charge < -0.3 is 14.8 Å². The number of esters is 1. The Bertz CT molecular complexity index is 506. The molecule has 1 aliphatic heterocycles. The van der Waals surface area contributed by atoms with Crippen LogP contribution >= 0.6 is 0 Å². The van der Waals surface area contributed by atoms with E-state index in [9.17, 15) is 9.59 Å². The molecule has 0 aliphatic carbocycles. The first-order valence-corrected chi connectivity index (χ1v) is 6.53. The number of hydrogen-bond acceptors (Lipinski definition) is 4. The second-order valence-electron chi connectivity index (χ2n) is 5.95. The number of benzene rings is 1. The molecule has 2 rings (SSSR count). The lowest BCUT2D eigenvalue weighted by Gasteiger charge is -2.39. The second-order valence-corrected chi connectivity index (χ2v) is 5.95. The van der Waals surface area contributed by atoms with Crippen LogP contribution in [0.2, 0.25) is 0 Å². The molecule has 1 aliphatic rings. The van der Waals surface area contributed by atoms with Gasteiger partial charge in [0.25, 0.3) is 0 Å². The molecule has 5 heteroatoms. The van der Waals surface area contributed by atoms with Crippen molar-refractivity contribution >= 4 is 12.1 Å². The fraction of sp³-hybridized carbons (Fsp3) is 0.467. The molecule has 0 aromatic heterocycles. The Morgan fingerprint density at radius 3 is 2.45 bits per heavy atom. The molecule has 1 aromatic rings. The Hall–Kier alpha value is -2.04. The maximum atomic E-state index is 11.9. The summed E-state index contributed by atoms with van der Waals surface area (Å²) < 4.78 is 10.0. The summed E-state index contributed by atoms with van der Waals surface area (Å²) in [7, 11) is 0. The minimum absolute atomic E-state index is 0.167. The topological polar surface area (TPSA) is 64.6 Å². The van der Waals surface area contributed by atoms with E-state index in [2.05, 4.69) is 5.32 Å². The first kappa shape index (κ1) is 14.4. The average molecular weight is 277 g/mol. The minimum Gasteiger partial charge on any atom is -0.461 e. The molecule has 108 valence electrons. The van der Waals surface area contributed by atoms with Gasteiger partial charge in [-0.15, -0.1) is 0 Å². The summed E-state index contributed by atoms with van der Waals surface area (Å²) in [5.41, 5.74) is -0.657. The predicted octanol–water partition coefficient (Wildman–Crippen LogP) is 2.05. The molecule has 1 heterocycles. The fourth-order valence-corrected chi connectivity index (χ4v) is 2.00. The van der Waals surface area contributed by atoms with Crippen molar-refractivity contribution in [1.82, 2.24) is 5.32 Å². The normalized spacial score (nSPS) is 21.6. The van der Waals surface area contributed by atoms with Gasteiger partial charge in [-0.05, 0) is 26.3 Å². The molecule has 0 bridgehead atoms. The summed E-state index contributed by atoms with van der Waals surface area (Å²) in [6, 6.07) is 9.49. The maximum Gasteiger partial charge on any atom is 0.408 e. The van der Waals surface area contributed by atoms with Crippen molar-refractivity contribution in [2.24, 2.45) is 0 Å². The highest BCUT2D eigenvalue weighted by Gasteiger charge is 2.51. The molecule has 20 heavy (non-hydrogen) atoms. The van der Waals surface area contributed by atoms with Crippen LogP contribution in [0.25, 0.3) is 0 Å². The van der Waals surface area contributed by atoms with Gasteiger partial charge in [-0.3, -0.25) is 0 Å². The third-order valence-corrected chi connectivity index (χ3v) is 2.93. The highest BCUT2D eigenvalue weighted by Crippen LogP contribution is 2.25. The molecular formula is C15H19NO4. The molecule has 5 nitrogen and oxygen atoms in total. The van der Waals surface area contributed by atoms with Gasteiger partial charge in [0.2, 0.25) is 0 Å². The van der Waals surface area contributed by atoms with Crippen molar-refractivity contribution in [3.8, 4) is 0 Å². The van der Waals surface area contributed by atoms with Gasteiger partial charge in [0.15, 0.2) is 5.54 Å². The molecule has 0 radical (unpaired) electrons. The molecule has 1 N–H and O–H groups in total. The van der Waals surface area contributed by atoms with Crippen molar-refractivity contribution < 1.29 is 19.1 Å². The number of ether oxygens (including phenoxy) is 2. The molecular weight excluding hydrogens is 258 g/mol. The van der Waals surface area contributed by atoms with Crippen LogP contribution in [0.1, 0.15) is 26.3 Å². The molecule has 0 saturated carbocycles. The van der Waals surface area contributed by atoms with Crippen LogP contribution < -0.4 is 5.32 Å². The van der Waals surface area contributed by atoms with Crippen molar-refractivity contribution in [3.63, 3.8) is 0 Å². The predicted molar refractivity (Wildman–Crippen MR) is 73.2 cm³/mol. The number of hydrogen-bond donors (Lipinski definition) is 1. The van der Waals surface area contributed by atoms with Gasteiger partial charge in [-0.1, -0.05) is 30.3 Å². The van der Waals surface area contributed by atoms with Gasteiger partial charge in [0.1, 0.15) is 12.2 Å². The third-order valence-electron chi connectivity index (χ3n) is 2.93. The van der Waals surface area contributed by atoms with Crippen LogP contribution in [0.3, 0.4) is 0 Å². The van der Waals surface area contributed by atoms with E-state index in [1.807, 2.05) is 30.3 Å². The van der Waals surface area contributed by atoms with Crippen molar-refractivity contribution in [2.75, 3.05) is 6.61 Å². The highest BCUT2D eigenvalue weighted by molar-refractivity contribution is 5.90. The van der Waals surface area contributed by atoms with Gasteiger partial charge in [-0.2, -0.15) is 0 Å². The third kappa shape index (κ3) is 3.29. The SMILES string of the molecule is CC(C)(C)OC(=O)N[C@]1(Cc2ccccc2)COC1=O. The summed E-state index contributed by atoms with van der Waals surface area (Å²) in [6.07, 6.45) is -0.212. The second kappa shape index (κ2) is 5.15. The zero-order valence-corrected chi connectivity index (χ0v) is 11.9. The number of amides is 1. The van der Waals surface area contributed by atoms with E-state index in [-0.39, 0.29) is 6.61 Å². The highest BCUT2D eigenvalue weighted by atomic mass is 16.6. The van der Waals surface area contributed by atoms with Gasteiger partial charge >= 0.3 is 12.1 Å². The Kier molecular flexibility index (Phi) is 3.70. The number of alkyl carbamates (subject to hydrolysis) is 1. The molecule has 1 fully saturated rings. The van der Waals surface area contributed by atoms with Crippen LogP contribution in [0.4, 0.5) is 4.79 Å². The van der Waals surface area contributed by atoms with Crippen LogP contribution in [-0.4, -0.2) is 29.8 Å². The summed E-state index contributed by atoms with van der Waals surface area (Å²) in [5.74, 6) is -0.424. The quantitative estimate of drug-likeness (QED) is 0.859. The van der Waals surface area contributed by atoms with E-state index in [0.29, 0.717) is 6.42 Å². The summed E-state index contributed by atoms with van der Waals surface area (Å²) in [5, 5.41) is 2.65. The molecule has 1 aromatic carbocycles. The molecule has 1 saturated heterocycles. The average Bonchev–Trinajstić information content (AvgIpc) is 2.35. The smallest absolute Gasteiger partial charge is 0.408 e. The van der Waals surface area contributed by atoms with Crippen molar-refractivity contribution in [3.05, 3.63) is 35.9 Å². The zero-order valence-electron chi connectivity index (χ0n) is 11.9. The van der Waals surface area contributed by atoms with Gasteiger partial charge in [0.05, 0.1) is 0 Å². The first-order valence-electron chi connectivity index (χ1n) is 6.53. The molecule has 0 unspecified atom stereocenters. The largest absolute Gasteiger partial charge is 0.461 e. The van der Waals surface area contributed by atoms with E-state index in [0.717, 1.165) is 5.56 Å². The Morgan fingerprint density at radius 1 is 1.35 bits per heavy atom. The summed E-state index contributed by atoms with van der Waals surface area (Å²) in [4.78, 5) is 23.6. The number of carbonyl (C=O) groups excluding carboxylic acids is 2. The van der Waals surface area contributed by atoms with Gasteiger partial charge in [0, 0.05) is 6.42 Å². The lowest BCUT2D eigenvalue weighted by Crippen LogP contribution is -2.67. The van der Waals surface area contributed by atoms with Crippen LogP contribution in [0.15, 0.2) is 30.3 Å². The van der Waals surface area contributed by atoms with E-state index >= 15 is 0 Å². The molecule has 0 spiro atoms. The van der Waals surface area contributed by atoms with E-state index < -0.39 is 23.2 Å². The standard InChI is InChI=1S/C15H19NO4/c1-14(2,3)20-13(18)16-15(10-19-12(15)17)9-11-7-5-4-6-8-11/h4-8H,9-10H2,1-3H3,(H,16,18)/t15-/m1/s1. The van der Waals surface area contributed by atoms with E-state index in [4.69, 9.17) is 9.47 Å². The number of carbonyl (C=O) groups is 2. The number of rotatable bonds is 3. The zero-order chi connectivity index (χ0) is 14.8. The summed E-state index contributed by atoms with van der Waals surface area (Å²) >= 11 is 0. The van der Waals surface area contributed by atoms with Crippen molar-refractivity contribution in [1.29, 1.82) is 0 Å². The number of nitrogens with one attached hydrogen (secondary N) is 1. The van der Waals surface area contributed by atoms with Crippen LogP contribution in [0.5, 0.6) is 0 Å².